The fraction of sp³-hybridized carbons (Fsp3) is 0.357. The van der Waals surface area contributed by atoms with Crippen molar-refractivity contribution in [2.45, 2.75) is 19.3 Å². The number of aromatic nitrogens is 2. The van der Waals surface area contributed by atoms with Crippen molar-refractivity contribution in [3.63, 3.8) is 0 Å². The van der Waals surface area contributed by atoms with Crippen LogP contribution in [0.3, 0.4) is 0 Å². The molecule has 2 aromatic rings. The molecule has 1 amide bonds. The lowest BCUT2D eigenvalue weighted by atomic mass is 10.2. The van der Waals surface area contributed by atoms with Gasteiger partial charge in [-0.15, -0.1) is 11.3 Å². The zero-order valence-electron chi connectivity index (χ0n) is 11.0. The van der Waals surface area contributed by atoms with E-state index in [1.165, 1.54) is 5.56 Å². The minimum absolute atomic E-state index is 0.171. The van der Waals surface area contributed by atoms with Gasteiger partial charge in [0, 0.05) is 50.4 Å². The maximum atomic E-state index is 11.9. The van der Waals surface area contributed by atoms with Gasteiger partial charge in [0.05, 0.1) is 5.01 Å². The van der Waals surface area contributed by atoms with Crippen LogP contribution in [0, 0.1) is 0 Å². The first-order valence-electron chi connectivity index (χ1n) is 6.27. The van der Waals surface area contributed by atoms with Crippen molar-refractivity contribution < 1.29 is 4.79 Å². The van der Waals surface area contributed by atoms with Crippen LogP contribution in [0.25, 0.3) is 0 Å². The Kier molecular flexibility index (Phi) is 5.03. The van der Waals surface area contributed by atoms with Gasteiger partial charge in [0.15, 0.2) is 0 Å². The average molecular weight is 275 g/mol. The second-order valence-electron chi connectivity index (χ2n) is 4.35. The van der Waals surface area contributed by atoms with Gasteiger partial charge in [0.25, 0.3) is 0 Å². The van der Waals surface area contributed by atoms with E-state index in [0.717, 1.165) is 24.4 Å². The van der Waals surface area contributed by atoms with Crippen LogP contribution in [0.4, 0.5) is 0 Å². The normalized spacial score (nSPS) is 10.4. The summed E-state index contributed by atoms with van der Waals surface area (Å²) in [7, 11) is 1.85. The third-order valence-electron chi connectivity index (χ3n) is 2.95. The number of thiazole rings is 1. The number of aryl methyl sites for hydroxylation is 1. The first-order valence-corrected chi connectivity index (χ1v) is 7.15. The van der Waals surface area contributed by atoms with E-state index in [2.05, 4.69) is 9.97 Å². The minimum Gasteiger partial charge on any atom is -0.345 e. The largest absolute Gasteiger partial charge is 0.345 e. The molecule has 0 bridgehead atoms. The Labute approximate surface area is 117 Å². The van der Waals surface area contributed by atoms with E-state index < -0.39 is 0 Å². The van der Waals surface area contributed by atoms with E-state index in [4.69, 9.17) is 0 Å². The van der Waals surface area contributed by atoms with E-state index >= 15 is 0 Å². The maximum Gasteiger partial charge on any atom is 0.222 e. The van der Waals surface area contributed by atoms with Crippen molar-refractivity contribution in [2.75, 3.05) is 13.6 Å². The summed E-state index contributed by atoms with van der Waals surface area (Å²) in [6.45, 7) is 0.737. The molecule has 4 nitrogen and oxygen atoms in total. The Morgan fingerprint density at radius 2 is 2.05 bits per heavy atom. The molecule has 0 spiro atoms. The van der Waals surface area contributed by atoms with Crippen LogP contribution in [0.15, 0.2) is 36.1 Å². The topological polar surface area (TPSA) is 46.1 Å². The molecule has 0 unspecified atom stereocenters. The Bertz CT molecular complexity index is 499. The molecule has 2 aromatic heterocycles. The quantitative estimate of drug-likeness (QED) is 0.811. The van der Waals surface area contributed by atoms with Crippen molar-refractivity contribution >= 4 is 17.2 Å². The predicted octanol–water partition coefficient (Wildman–Crippen LogP) is 2.17. The highest BCUT2D eigenvalue weighted by molar-refractivity contribution is 7.09. The molecule has 100 valence electrons. The molecule has 0 fully saturated rings. The molecule has 0 N–H and O–H groups in total. The highest BCUT2D eigenvalue weighted by Gasteiger charge is 2.09. The molecule has 0 atom stereocenters. The molecule has 0 radical (unpaired) electrons. The number of pyridine rings is 1. The van der Waals surface area contributed by atoms with Gasteiger partial charge in [0.2, 0.25) is 5.91 Å². The Morgan fingerprint density at radius 3 is 2.74 bits per heavy atom. The van der Waals surface area contributed by atoms with Gasteiger partial charge in [-0.1, -0.05) is 0 Å². The molecule has 0 saturated heterocycles. The molecule has 0 aliphatic rings. The van der Waals surface area contributed by atoms with Crippen LogP contribution in [-0.2, 0) is 17.6 Å². The van der Waals surface area contributed by atoms with Crippen molar-refractivity contribution in [1.29, 1.82) is 0 Å². The maximum absolute atomic E-state index is 11.9. The van der Waals surface area contributed by atoms with Crippen LogP contribution >= 0.6 is 11.3 Å². The number of amides is 1. The molecule has 0 saturated carbocycles. The minimum atomic E-state index is 0.171. The van der Waals surface area contributed by atoms with Crippen molar-refractivity contribution in [2.24, 2.45) is 0 Å². The summed E-state index contributed by atoms with van der Waals surface area (Å²) < 4.78 is 0. The number of hydrogen-bond acceptors (Lipinski definition) is 4. The van der Waals surface area contributed by atoms with Gasteiger partial charge in [-0.05, 0) is 24.1 Å². The smallest absolute Gasteiger partial charge is 0.222 e. The number of nitrogens with zero attached hydrogens (tertiary/aromatic N) is 3. The summed E-state index contributed by atoms with van der Waals surface area (Å²) >= 11 is 1.60. The number of rotatable bonds is 6. The van der Waals surface area contributed by atoms with Crippen LogP contribution in [-0.4, -0.2) is 34.4 Å². The van der Waals surface area contributed by atoms with Crippen LogP contribution in [0.2, 0.25) is 0 Å². The zero-order chi connectivity index (χ0) is 13.5. The van der Waals surface area contributed by atoms with Crippen molar-refractivity contribution in [1.82, 2.24) is 14.9 Å². The van der Waals surface area contributed by atoms with Gasteiger partial charge in [-0.3, -0.25) is 9.78 Å². The van der Waals surface area contributed by atoms with Gasteiger partial charge >= 0.3 is 0 Å². The summed E-state index contributed by atoms with van der Waals surface area (Å²) in [6.07, 6.45) is 7.45. The summed E-state index contributed by atoms with van der Waals surface area (Å²) in [5.74, 6) is 0.171. The van der Waals surface area contributed by atoms with E-state index in [9.17, 15) is 4.79 Å². The monoisotopic (exact) mass is 275 g/mol. The number of carbonyl (C=O) groups is 1. The third-order valence-corrected chi connectivity index (χ3v) is 3.79. The number of likely N-dealkylation sites (N-methyl/N-ethyl adjacent to an activating group) is 1. The van der Waals surface area contributed by atoms with Crippen molar-refractivity contribution in [3.05, 3.63) is 46.7 Å². The molecular formula is C14H17N3OS. The van der Waals surface area contributed by atoms with E-state index in [1.807, 2.05) is 24.6 Å². The fourth-order valence-corrected chi connectivity index (χ4v) is 2.37. The van der Waals surface area contributed by atoms with Crippen LogP contribution in [0.1, 0.15) is 17.0 Å². The molecule has 0 aromatic carbocycles. The van der Waals surface area contributed by atoms with E-state index in [1.54, 1.807) is 34.8 Å². The first-order chi connectivity index (χ1) is 9.25. The Hall–Kier alpha value is -1.75. The summed E-state index contributed by atoms with van der Waals surface area (Å²) in [5.41, 5.74) is 1.20. The van der Waals surface area contributed by atoms with Gasteiger partial charge in [-0.2, -0.15) is 0 Å². The van der Waals surface area contributed by atoms with E-state index in [0.29, 0.717) is 6.42 Å². The SMILES string of the molecule is CN(CCc1ccncc1)C(=O)CCc1nccs1. The molecule has 0 aliphatic heterocycles. The highest BCUT2D eigenvalue weighted by atomic mass is 32.1. The second-order valence-corrected chi connectivity index (χ2v) is 5.33. The van der Waals surface area contributed by atoms with E-state index in [-0.39, 0.29) is 5.91 Å². The molecule has 19 heavy (non-hydrogen) atoms. The van der Waals surface area contributed by atoms with Gasteiger partial charge in [-0.25, -0.2) is 4.98 Å². The first kappa shape index (κ1) is 13.7. The molecule has 2 heterocycles. The third kappa shape index (κ3) is 4.44. The van der Waals surface area contributed by atoms with Crippen molar-refractivity contribution in [3.8, 4) is 0 Å². The zero-order valence-corrected chi connectivity index (χ0v) is 11.8. The Morgan fingerprint density at radius 1 is 1.26 bits per heavy atom. The molecule has 2 rings (SSSR count). The lowest BCUT2D eigenvalue weighted by Crippen LogP contribution is -2.29. The van der Waals surface area contributed by atoms with Crippen LogP contribution in [0.5, 0.6) is 0 Å². The summed E-state index contributed by atoms with van der Waals surface area (Å²) in [4.78, 5) is 21.9. The summed E-state index contributed by atoms with van der Waals surface area (Å²) in [5, 5.41) is 2.96. The average Bonchev–Trinajstić information content (AvgIpc) is 2.96. The van der Waals surface area contributed by atoms with Gasteiger partial charge < -0.3 is 4.90 Å². The molecular weight excluding hydrogens is 258 g/mol. The van der Waals surface area contributed by atoms with Gasteiger partial charge in [0.1, 0.15) is 0 Å². The fourth-order valence-electron chi connectivity index (χ4n) is 1.75. The Balaban J connectivity index is 1.73. The second kappa shape index (κ2) is 6.99. The predicted molar refractivity (Wildman–Crippen MR) is 76.0 cm³/mol. The highest BCUT2D eigenvalue weighted by Crippen LogP contribution is 2.08. The standard InChI is InChI=1S/C14H17N3OS/c1-17(10-6-12-4-7-15-8-5-12)14(18)3-2-13-16-9-11-19-13/h4-5,7-9,11H,2-3,6,10H2,1H3. The molecule has 0 aliphatic carbocycles. The number of carbonyl (C=O) groups excluding carboxylic acids is 1. The molecule has 5 heteroatoms. The van der Waals surface area contributed by atoms with Crippen LogP contribution < -0.4 is 0 Å². The number of hydrogen-bond donors (Lipinski definition) is 0. The lowest BCUT2D eigenvalue weighted by molar-refractivity contribution is -0.129. The summed E-state index contributed by atoms with van der Waals surface area (Å²) in [6, 6.07) is 3.96. The lowest BCUT2D eigenvalue weighted by Gasteiger charge is -2.16.